The summed E-state index contributed by atoms with van der Waals surface area (Å²) in [6.07, 6.45) is 5.59. The highest BCUT2D eigenvalue weighted by Gasteiger charge is 2.18. The molecule has 0 amide bonds. The SMILES string of the molecule is CN1CCCCC1CNc1cc(Br)cnc1Cl. The van der Waals surface area contributed by atoms with E-state index in [2.05, 4.69) is 38.2 Å². The van der Waals surface area contributed by atoms with Gasteiger partial charge in [-0.05, 0) is 48.4 Å². The fourth-order valence-electron chi connectivity index (χ4n) is 2.18. The maximum absolute atomic E-state index is 6.04. The van der Waals surface area contributed by atoms with Crippen LogP contribution in [0.2, 0.25) is 5.15 Å². The fraction of sp³-hybridized carbons (Fsp3) is 0.583. The average molecular weight is 319 g/mol. The average Bonchev–Trinajstić information content (AvgIpc) is 2.32. The Hall–Kier alpha value is -0.320. The van der Waals surface area contributed by atoms with Gasteiger partial charge in [0.1, 0.15) is 0 Å². The Kier molecular flexibility index (Phi) is 4.65. The van der Waals surface area contributed by atoms with Gasteiger partial charge in [0, 0.05) is 23.3 Å². The van der Waals surface area contributed by atoms with Crippen molar-refractivity contribution in [2.45, 2.75) is 25.3 Å². The Bertz CT molecular complexity index is 386. The molecule has 1 fully saturated rings. The molecule has 3 nitrogen and oxygen atoms in total. The van der Waals surface area contributed by atoms with Gasteiger partial charge < -0.3 is 10.2 Å². The molecule has 1 N–H and O–H groups in total. The molecule has 0 radical (unpaired) electrons. The third-order valence-corrected chi connectivity index (χ3v) is 3.99. The second-order valence-electron chi connectivity index (χ2n) is 4.50. The molecule has 0 spiro atoms. The Labute approximate surface area is 116 Å². The van der Waals surface area contributed by atoms with Crippen LogP contribution in [0.1, 0.15) is 19.3 Å². The monoisotopic (exact) mass is 317 g/mol. The summed E-state index contributed by atoms with van der Waals surface area (Å²) in [7, 11) is 2.19. The van der Waals surface area contributed by atoms with Crippen LogP contribution in [0.15, 0.2) is 16.7 Å². The van der Waals surface area contributed by atoms with E-state index in [1.807, 2.05) is 6.07 Å². The van der Waals surface area contributed by atoms with E-state index in [0.717, 1.165) is 16.7 Å². The van der Waals surface area contributed by atoms with Crippen LogP contribution in [0.25, 0.3) is 0 Å². The minimum atomic E-state index is 0.534. The number of piperidine rings is 1. The summed E-state index contributed by atoms with van der Waals surface area (Å²) >= 11 is 9.44. The summed E-state index contributed by atoms with van der Waals surface area (Å²) < 4.78 is 0.946. The van der Waals surface area contributed by atoms with Gasteiger partial charge in [0.2, 0.25) is 0 Å². The lowest BCUT2D eigenvalue weighted by molar-refractivity contribution is 0.194. The van der Waals surface area contributed by atoms with Gasteiger partial charge in [-0.1, -0.05) is 18.0 Å². The van der Waals surface area contributed by atoms with Gasteiger partial charge in [-0.25, -0.2) is 4.98 Å². The number of likely N-dealkylation sites (N-methyl/N-ethyl adjacent to an activating group) is 1. The molecular formula is C12H17BrClN3. The third kappa shape index (κ3) is 3.57. The van der Waals surface area contributed by atoms with Crippen LogP contribution in [-0.2, 0) is 0 Å². The predicted octanol–water partition coefficient (Wildman–Crippen LogP) is 3.39. The topological polar surface area (TPSA) is 28.2 Å². The van der Waals surface area contributed by atoms with Gasteiger partial charge in [-0.3, -0.25) is 0 Å². The Morgan fingerprint density at radius 2 is 2.41 bits per heavy atom. The normalized spacial score (nSPS) is 21.5. The minimum Gasteiger partial charge on any atom is -0.381 e. The van der Waals surface area contributed by atoms with Gasteiger partial charge in [0.05, 0.1) is 5.69 Å². The van der Waals surface area contributed by atoms with E-state index in [0.29, 0.717) is 11.2 Å². The van der Waals surface area contributed by atoms with Crippen LogP contribution in [0.5, 0.6) is 0 Å². The molecule has 0 bridgehead atoms. The number of pyridine rings is 1. The molecule has 1 saturated heterocycles. The summed E-state index contributed by atoms with van der Waals surface area (Å²) in [5.41, 5.74) is 0.903. The van der Waals surface area contributed by atoms with Crippen molar-refractivity contribution in [2.24, 2.45) is 0 Å². The molecule has 2 rings (SSSR count). The fourth-order valence-corrected chi connectivity index (χ4v) is 2.68. The number of rotatable bonds is 3. The van der Waals surface area contributed by atoms with Crippen LogP contribution in [0.3, 0.4) is 0 Å². The first kappa shape index (κ1) is 13.1. The number of nitrogens with one attached hydrogen (secondary N) is 1. The van der Waals surface area contributed by atoms with Crippen molar-refractivity contribution in [1.82, 2.24) is 9.88 Å². The van der Waals surface area contributed by atoms with Crippen molar-refractivity contribution in [3.8, 4) is 0 Å². The van der Waals surface area contributed by atoms with Crippen LogP contribution in [0, 0.1) is 0 Å². The number of aromatic nitrogens is 1. The molecule has 0 aliphatic carbocycles. The quantitative estimate of drug-likeness (QED) is 0.866. The molecule has 1 aliphatic heterocycles. The first-order valence-electron chi connectivity index (χ1n) is 5.92. The zero-order chi connectivity index (χ0) is 12.3. The summed E-state index contributed by atoms with van der Waals surface area (Å²) in [6.45, 7) is 2.12. The van der Waals surface area contributed by atoms with Gasteiger partial charge in [-0.2, -0.15) is 0 Å². The van der Waals surface area contributed by atoms with E-state index in [1.165, 1.54) is 25.8 Å². The largest absolute Gasteiger partial charge is 0.381 e. The van der Waals surface area contributed by atoms with Gasteiger partial charge in [0.15, 0.2) is 5.15 Å². The van der Waals surface area contributed by atoms with Crippen molar-refractivity contribution in [3.63, 3.8) is 0 Å². The molecule has 2 heterocycles. The Morgan fingerprint density at radius 1 is 1.59 bits per heavy atom. The van der Waals surface area contributed by atoms with E-state index in [-0.39, 0.29) is 0 Å². The maximum atomic E-state index is 6.04. The molecular weight excluding hydrogens is 302 g/mol. The summed E-state index contributed by atoms with van der Waals surface area (Å²) in [4.78, 5) is 6.52. The van der Waals surface area contributed by atoms with E-state index < -0.39 is 0 Å². The highest BCUT2D eigenvalue weighted by molar-refractivity contribution is 9.10. The van der Waals surface area contributed by atoms with Crippen LogP contribution < -0.4 is 5.32 Å². The molecule has 0 aromatic carbocycles. The second kappa shape index (κ2) is 6.03. The lowest BCUT2D eigenvalue weighted by atomic mass is 10.0. The highest BCUT2D eigenvalue weighted by atomic mass is 79.9. The smallest absolute Gasteiger partial charge is 0.152 e. The van der Waals surface area contributed by atoms with Crippen molar-refractivity contribution in [1.29, 1.82) is 0 Å². The molecule has 17 heavy (non-hydrogen) atoms. The first-order chi connectivity index (χ1) is 8.16. The van der Waals surface area contributed by atoms with E-state index in [9.17, 15) is 0 Å². The van der Waals surface area contributed by atoms with Gasteiger partial charge in [-0.15, -0.1) is 0 Å². The first-order valence-corrected chi connectivity index (χ1v) is 7.09. The number of anilines is 1. The van der Waals surface area contributed by atoms with Gasteiger partial charge >= 0.3 is 0 Å². The molecule has 94 valence electrons. The van der Waals surface area contributed by atoms with Crippen LogP contribution in [-0.4, -0.2) is 36.1 Å². The second-order valence-corrected chi connectivity index (χ2v) is 5.78. The van der Waals surface area contributed by atoms with Crippen LogP contribution in [0.4, 0.5) is 5.69 Å². The zero-order valence-corrected chi connectivity index (χ0v) is 12.3. The number of hydrogen-bond donors (Lipinski definition) is 1. The number of halogens is 2. The summed E-state index contributed by atoms with van der Waals surface area (Å²) in [5, 5.41) is 3.92. The van der Waals surface area contributed by atoms with E-state index in [1.54, 1.807) is 6.20 Å². The molecule has 1 aliphatic rings. The zero-order valence-electron chi connectivity index (χ0n) is 9.92. The Morgan fingerprint density at radius 3 is 3.18 bits per heavy atom. The molecule has 1 atom stereocenters. The number of likely N-dealkylation sites (tertiary alicyclic amines) is 1. The standard InChI is InChI=1S/C12H17BrClN3/c1-17-5-3-2-4-10(17)8-15-11-6-9(13)7-16-12(11)14/h6-7,10,15H,2-5,8H2,1H3. The maximum Gasteiger partial charge on any atom is 0.152 e. The minimum absolute atomic E-state index is 0.534. The predicted molar refractivity (Wildman–Crippen MR) is 75.7 cm³/mol. The lowest BCUT2D eigenvalue weighted by Crippen LogP contribution is -2.40. The Balaban J connectivity index is 1.94. The number of nitrogens with zero attached hydrogens (tertiary/aromatic N) is 2. The summed E-state index contributed by atoms with van der Waals surface area (Å²) in [5.74, 6) is 0. The third-order valence-electron chi connectivity index (χ3n) is 3.26. The van der Waals surface area contributed by atoms with E-state index >= 15 is 0 Å². The molecule has 1 aromatic heterocycles. The van der Waals surface area contributed by atoms with Crippen molar-refractivity contribution in [2.75, 3.05) is 25.5 Å². The van der Waals surface area contributed by atoms with Crippen molar-refractivity contribution in [3.05, 3.63) is 21.9 Å². The number of hydrogen-bond acceptors (Lipinski definition) is 3. The highest BCUT2D eigenvalue weighted by Crippen LogP contribution is 2.24. The van der Waals surface area contributed by atoms with Crippen molar-refractivity contribution < 1.29 is 0 Å². The van der Waals surface area contributed by atoms with Crippen LogP contribution >= 0.6 is 27.5 Å². The molecule has 1 unspecified atom stereocenters. The summed E-state index contributed by atoms with van der Waals surface area (Å²) in [6, 6.07) is 2.57. The van der Waals surface area contributed by atoms with Crippen molar-refractivity contribution >= 4 is 33.2 Å². The molecule has 5 heteroatoms. The molecule has 0 saturated carbocycles. The lowest BCUT2D eigenvalue weighted by Gasteiger charge is -2.32. The molecule has 1 aromatic rings. The van der Waals surface area contributed by atoms with E-state index in [4.69, 9.17) is 11.6 Å². The van der Waals surface area contributed by atoms with Gasteiger partial charge in [0.25, 0.3) is 0 Å².